The van der Waals surface area contributed by atoms with Crippen molar-refractivity contribution in [3.05, 3.63) is 73.0 Å². The first kappa shape index (κ1) is 25.1. The molecule has 0 saturated heterocycles. The number of para-hydroxylation sites is 1. The second-order valence-corrected chi connectivity index (χ2v) is 12.4. The molecule has 0 bridgehead atoms. The SMILES string of the molecule is COc1c(Br)cc(Br)cc1C=Nc1sc2c(c1C(=O)Nc1ccccc1)CC[C@H](C(C)(C)C)C2. The molecule has 4 nitrogen and oxygen atoms in total. The molecule has 1 atom stereocenters. The fourth-order valence-corrected chi connectivity index (χ4v) is 7.06. The van der Waals surface area contributed by atoms with Crippen LogP contribution in [-0.2, 0) is 12.8 Å². The third-order valence-electron chi connectivity index (χ3n) is 6.29. The van der Waals surface area contributed by atoms with Crippen LogP contribution in [-0.4, -0.2) is 19.2 Å². The van der Waals surface area contributed by atoms with E-state index < -0.39 is 0 Å². The molecule has 1 aromatic heterocycles. The fraction of sp³-hybridized carbons (Fsp3) is 0.333. The number of hydrogen-bond acceptors (Lipinski definition) is 4. The molecule has 0 aliphatic heterocycles. The van der Waals surface area contributed by atoms with Gasteiger partial charge in [-0.1, -0.05) is 54.9 Å². The fourth-order valence-electron chi connectivity index (χ4n) is 4.37. The van der Waals surface area contributed by atoms with Crippen LogP contribution in [0.25, 0.3) is 0 Å². The second-order valence-electron chi connectivity index (χ2n) is 9.58. The number of aliphatic imine (C=N–C) groups is 1. The zero-order chi connectivity index (χ0) is 24.5. The maximum atomic E-state index is 13.5. The second kappa shape index (κ2) is 10.3. The highest BCUT2D eigenvalue weighted by Gasteiger charge is 2.33. The minimum absolute atomic E-state index is 0.104. The van der Waals surface area contributed by atoms with Gasteiger partial charge in [-0.15, -0.1) is 11.3 Å². The largest absolute Gasteiger partial charge is 0.495 e. The Balaban J connectivity index is 1.75. The van der Waals surface area contributed by atoms with E-state index >= 15 is 0 Å². The van der Waals surface area contributed by atoms with Gasteiger partial charge in [0.1, 0.15) is 10.8 Å². The van der Waals surface area contributed by atoms with E-state index in [9.17, 15) is 4.79 Å². The van der Waals surface area contributed by atoms with E-state index in [1.54, 1.807) is 24.7 Å². The highest BCUT2D eigenvalue weighted by atomic mass is 79.9. The van der Waals surface area contributed by atoms with E-state index in [4.69, 9.17) is 9.73 Å². The standard InChI is InChI=1S/C27H28Br2N2O2S/c1-27(2,3)17-10-11-20-22(13-17)34-26(23(20)25(32)31-19-8-6-5-7-9-19)30-15-16-12-18(28)14-21(29)24(16)33-4/h5-9,12,14-15,17H,10-11,13H2,1-4H3,(H,31,32)/t17-/m0/s1. The van der Waals surface area contributed by atoms with Crippen LogP contribution in [0.15, 0.2) is 56.4 Å². The summed E-state index contributed by atoms with van der Waals surface area (Å²) in [5.41, 5.74) is 3.68. The van der Waals surface area contributed by atoms with Crippen molar-refractivity contribution in [2.24, 2.45) is 16.3 Å². The summed E-state index contributed by atoms with van der Waals surface area (Å²) in [6.45, 7) is 6.90. The lowest BCUT2D eigenvalue weighted by molar-refractivity contribution is 0.102. The number of methoxy groups -OCH3 is 1. The molecule has 0 unspecified atom stereocenters. The number of fused-ring (bicyclic) bond motifs is 1. The molecule has 178 valence electrons. The minimum Gasteiger partial charge on any atom is -0.495 e. The van der Waals surface area contributed by atoms with Gasteiger partial charge in [0.25, 0.3) is 5.91 Å². The molecule has 1 N–H and O–H groups in total. The van der Waals surface area contributed by atoms with Gasteiger partial charge in [0.05, 0.1) is 17.1 Å². The van der Waals surface area contributed by atoms with E-state index in [-0.39, 0.29) is 11.3 Å². The van der Waals surface area contributed by atoms with Gasteiger partial charge in [0.2, 0.25) is 0 Å². The first-order valence-electron chi connectivity index (χ1n) is 11.3. The summed E-state index contributed by atoms with van der Waals surface area (Å²) in [6, 6.07) is 13.5. The van der Waals surface area contributed by atoms with Crippen LogP contribution >= 0.6 is 43.2 Å². The van der Waals surface area contributed by atoms with Gasteiger partial charge in [-0.2, -0.15) is 0 Å². The number of amides is 1. The normalized spacial score (nSPS) is 15.9. The molecule has 1 heterocycles. The number of ether oxygens (including phenoxy) is 1. The summed E-state index contributed by atoms with van der Waals surface area (Å²) >= 11 is 8.73. The molecule has 1 aliphatic rings. The zero-order valence-corrected chi connectivity index (χ0v) is 23.7. The van der Waals surface area contributed by atoms with Gasteiger partial charge >= 0.3 is 0 Å². The first-order valence-corrected chi connectivity index (χ1v) is 13.7. The molecule has 7 heteroatoms. The summed E-state index contributed by atoms with van der Waals surface area (Å²) in [5, 5.41) is 3.81. The number of nitrogens with one attached hydrogen (secondary N) is 1. The van der Waals surface area contributed by atoms with Crippen LogP contribution in [0.2, 0.25) is 0 Å². The van der Waals surface area contributed by atoms with Crippen molar-refractivity contribution in [2.45, 2.75) is 40.0 Å². The number of rotatable bonds is 5. The molecule has 0 saturated carbocycles. The molecule has 0 fully saturated rings. The molecule has 1 aliphatic carbocycles. The monoisotopic (exact) mass is 602 g/mol. The number of carbonyl (C=O) groups excluding carboxylic acids is 1. The Hall–Kier alpha value is -1.96. The van der Waals surface area contributed by atoms with E-state index in [0.29, 0.717) is 17.2 Å². The highest BCUT2D eigenvalue weighted by Crippen LogP contribution is 2.45. The van der Waals surface area contributed by atoms with Gasteiger partial charge in [-0.05, 0) is 76.4 Å². The average Bonchev–Trinajstić information content (AvgIpc) is 3.15. The molecular weight excluding hydrogens is 576 g/mol. The van der Waals surface area contributed by atoms with Crippen molar-refractivity contribution in [2.75, 3.05) is 12.4 Å². The smallest absolute Gasteiger partial charge is 0.259 e. The van der Waals surface area contributed by atoms with E-state index in [1.165, 1.54) is 4.88 Å². The quantitative estimate of drug-likeness (QED) is 0.297. The molecule has 3 aromatic rings. The van der Waals surface area contributed by atoms with Gasteiger partial charge in [-0.25, -0.2) is 4.99 Å². The Bertz CT molecular complexity index is 1230. The van der Waals surface area contributed by atoms with Crippen LogP contribution in [0.5, 0.6) is 5.75 Å². The number of anilines is 1. The number of thiophene rings is 1. The Labute approximate surface area is 222 Å². The summed E-state index contributed by atoms with van der Waals surface area (Å²) in [4.78, 5) is 19.6. The van der Waals surface area contributed by atoms with Crippen LogP contribution in [0.4, 0.5) is 10.7 Å². The predicted octanol–water partition coefficient (Wildman–Crippen LogP) is 8.44. The zero-order valence-electron chi connectivity index (χ0n) is 19.7. The summed E-state index contributed by atoms with van der Waals surface area (Å²) < 4.78 is 7.33. The summed E-state index contributed by atoms with van der Waals surface area (Å²) in [5.74, 6) is 1.19. The Kier molecular flexibility index (Phi) is 7.65. The van der Waals surface area contributed by atoms with Crippen molar-refractivity contribution >= 4 is 66.0 Å². The molecular formula is C27H28Br2N2O2S. The van der Waals surface area contributed by atoms with Crippen LogP contribution < -0.4 is 10.1 Å². The molecule has 2 aromatic carbocycles. The third-order valence-corrected chi connectivity index (χ3v) is 8.50. The van der Waals surface area contributed by atoms with E-state index in [1.807, 2.05) is 42.5 Å². The van der Waals surface area contributed by atoms with Crippen molar-refractivity contribution < 1.29 is 9.53 Å². The van der Waals surface area contributed by atoms with Crippen molar-refractivity contribution in [3.63, 3.8) is 0 Å². The maximum absolute atomic E-state index is 13.5. The molecule has 34 heavy (non-hydrogen) atoms. The number of nitrogens with zero attached hydrogens (tertiary/aromatic N) is 1. The lowest BCUT2D eigenvalue weighted by Crippen LogP contribution is -2.27. The molecule has 4 rings (SSSR count). The van der Waals surface area contributed by atoms with Crippen molar-refractivity contribution in [1.29, 1.82) is 0 Å². The lowest BCUT2D eigenvalue weighted by Gasteiger charge is -2.33. The van der Waals surface area contributed by atoms with Gasteiger partial charge in [0, 0.05) is 26.8 Å². The van der Waals surface area contributed by atoms with Gasteiger partial charge < -0.3 is 10.1 Å². The highest BCUT2D eigenvalue weighted by molar-refractivity contribution is 9.11. The van der Waals surface area contributed by atoms with Gasteiger partial charge in [0.15, 0.2) is 0 Å². The molecule has 0 radical (unpaired) electrons. The maximum Gasteiger partial charge on any atom is 0.259 e. The summed E-state index contributed by atoms with van der Waals surface area (Å²) in [6.07, 6.45) is 4.74. The summed E-state index contributed by atoms with van der Waals surface area (Å²) in [7, 11) is 1.64. The average molecular weight is 604 g/mol. The number of benzene rings is 2. The number of carbonyl (C=O) groups is 1. The first-order chi connectivity index (χ1) is 16.2. The van der Waals surface area contributed by atoms with E-state index in [2.05, 4.69) is 57.9 Å². The Morgan fingerprint density at radius 2 is 1.94 bits per heavy atom. The Morgan fingerprint density at radius 3 is 2.62 bits per heavy atom. The molecule has 1 amide bonds. The van der Waals surface area contributed by atoms with Crippen LogP contribution in [0.3, 0.4) is 0 Å². The third kappa shape index (κ3) is 5.47. The van der Waals surface area contributed by atoms with E-state index in [0.717, 1.165) is 50.0 Å². The lowest BCUT2D eigenvalue weighted by atomic mass is 9.72. The van der Waals surface area contributed by atoms with Crippen molar-refractivity contribution in [3.8, 4) is 5.75 Å². The predicted molar refractivity (Wildman–Crippen MR) is 149 cm³/mol. The van der Waals surface area contributed by atoms with Crippen LogP contribution in [0.1, 0.15) is 53.6 Å². The Morgan fingerprint density at radius 1 is 1.21 bits per heavy atom. The van der Waals surface area contributed by atoms with Crippen LogP contribution in [0, 0.1) is 11.3 Å². The molecule has 0 spiro atoms. The number of hydrogen-bond donors (Lipinski definition) is 1. The number of halogens is 2. The van der Waals surface area contributed by atoms with Gasteiger partial charge in [-0.3, -0.25) is 4.79 Å². The minimum atomic E-state index is -0.104. The topological polar surface area (TPSA) is 50.7 Å². The van der Waals surface area contributed by atoms with Crippen molar-refractivity contribution in [1.82, 2.24) is 0 Å².